The Bertz CT molecular complexity index is 1430. The molecule has 3 N–H and O–H groups in total. The first-order chi connectivity index (χ1) is 15.1. The van der Waals surface area contributed by atoms with E-state index in [1.165, 1.54) is 15.3 Å². The van der Waals surface area contributed by atoms with Crippen LogP contribution in [-0.2, 0) is 7.05 Å². The molecule has 1 unspecified atom stereocenters. The van der Waals surface area contributed by atoms with Crippen LogP contribution in [0.15, 0.2) is 69.9 Å². The third-order valence-electron chi connectivity index (χ3n) is 5.56. The molecule has 1 atom stereocenters. The third kappa shape index (κ3) is 3.69. The number of nitrogens with zero attached hydrogens (tertiary/aromatic N) is 1. The zero-order valence-electron chi connectivity index (χ0n) is 17.1. The molecule has 7 heteroatoms. The minimum atomic E-state index is -0.697. The lowest BCUT2D eigenvalue weighted by molar-refractivity contribution is 0.172. The molecule has 5 rings (SSSR count). The lowest BCUT2D eigenvalue weighted by Gasteiger charge is -2.13. The van der Waals surface area contributed by atoms with Crippen molar-refractivity contribution in [1.29, 1.82) is 0 Å². The van der Waals surface area contributed by atoms with Gasteiger partial charge in [-0.3, -0.25) is 4.57 Å². The molecule has 3 aromatic carbocycles. The number of ether oxygens (including phenoxy) is 1. The Labute approximate surface area is 177 Å². The van der Waals surface area contributed by atoms with Crippen LogP contribution in [0.1, 0.15) is 11.7 Å². The van der Waals surface area contributed by atoms with Gasteiger partial charge in [0, 0.05) is 42.5 Å². The van der Waals surface area contributed by atoms with Gasteiger partial charge in [0.05, 0.1) is 17.1 Å². The normalized spacial score (nSPS) is 12.7. The summed E-state index contributed by atoms with van der Waals surface area (Å²) in [5, 5.41) is 16.0. The molecule has 0 spiro atoms. The van der Waals surface area contributed by atoms with Crippen molar-refractivity contribution in [2.24, 2.45) is 7.05 Å². The van der Waals surface area contributed by atoms with Gasteiger partial charge in [0.2, 0.25) is 0 Å². The summed E-state index contributed by atoms with van der Waals surface area (Å²) >= 11 is 0. The standard InChI is InChI=1S/C24H23N3O4/c1-27-21-12-15(6-9-23(21)31-24(27)29)22(28)14-25-10-11-30-16-7-8-18-17-4-2-3-5-19(17)26-20(18)13-16/h2-9,12-13,22,25-26,28H,10-11,14H2,1H3. The van der Waals surface area contributed by atoms with Gasteiger partial charge in [-0.1, -0.05) is 24.3 Å². The number of aliphatic hydroxyl groups excluding tert-OH is 1. The lowest BCUT2D eigenvalue weighted by Crippen LogP contribution is -2.26. The molecule has 0 bridgehead atoms. The highest BCUT2D eigenvalue weighted by Gasteiger charge is 2.12. The molecule has 0 amide bonds. The summed E-state index contributed by atoms with van der Waals surface area (Å²) in [6, 6.07) is 19.5. The SMILES string of the molecule is Cn1c(=O)oc2ccc(C(O)CNCCOc3ccc4c(c3)[nH]c3ccccc34)cc21. The summed E-state index contributed by atoms with van der Waals surface area (Å²) in [6.07, 6.45) is -0.697. The van der Waals surface area contributed by atoms with Gasteiger partial charge in [-0.05, 0) is 35.9 Å². The van der Waals surface area contributed by atoms with Crippen LogP contribution in [0.2, 0.25) is 0 Å². The molecule has 2 heterocycles. The number of para-hydroxylation sites is 1. The molecule has 0 aliphatic carbocycles. The van der Waals surface area contributed by atoms with Crippen LogP contribution in [0.3, 0.4) is 0 Å². The van der Waals surface area contributed by atoms with Gasteiger partial charge >= 0.3 is 5.76 Å². The van der Waals surface area contributed by atoms with E-state index in [0.29, 0.717) is 30.8 Å². The number of nitrogens with one attached hydrogen (secondary N) is 2. The zero-order valence-corrected chi connectivity index (χ0v) is 17.1. The van der Waals surface area contributed by atoms with E-state index in [-0.39, 0.29) is 0 Å². The number of fused-ring (bicyclic) bond motifs is 4. The highest BCUT2D eigenvalue weighted by molar-refractivity contribution is 6.07. The van der Waals surface area contributed by atoms with Gasteiger partial charge in [-0.15, -0.1) is 0 Å². The Morgan fingerprint density at radius 1 is 1.10 bits per heavy atom. The Balaban J connectivity index is 1.16. The number of benzene rings is 3. The van der Waals surface area contributed by atoms with Crippen molar-refractivity contribution < 1.29 is 14.3 Å². The van der Waals surface area contributed by atoms with Crippen LogP contribution in [0.25, 0.3) is 32.9 Å². The third-order valence-corrected chi connectivity index (χ3v) is 5.56. The topological polar surface area (TPSA) is 92.4 Å². The minimum Gasteiger partial charge on any atom is -0.492 e. The van der Waals surface area contributed by atoms with Gasteiger partial charge in [-0.2, -0.15) is 0 Å². The number of aliphatic hydroxyl groups is 1. The Morgan fingerprint density at radius 2 is 1.94 bits per heavy atom. The predicted octanol–water partition coefficient (Wildman–Crippen LogP) is 3.47. The van der Waals surface area contributed by atoms with Gasteiger partial charge in [0.1, 0.15) is 12.4 Å². The molecule has 2 aromatic heterocycles. The minimum absolute atomic E-state index is 0.377. The fourth-order valence-corrected chi connectivity index (χ4v) is 3.87. The number of rotatable bonds is 7. The molecule has 0 aliphatic heterocycles. The number of hydrogen-bond donors (Lipinski definition) is 3. The van der Waals surface area contributed by atoms with Crippen LogP contribution in [0.4, 0.5) is 0 Å². The van der Waals surface area contributed by atoms with Crippen LogP contribution in [0, 0.1) is 0 Å². The molecule has 158 valence electrons. The van der Waals surface area contributed by atoms with Gasteiger partial charge in [-0.25, -0.2) is 4.79 Å². The molecular formula is C24H23N3O4. The van der Waals surface area contributed by atoms with E-state index < -0.39 is 11.9 Å². The maximum absolute atomic E-state index is 11.6. The first-order valence-corrected chi connectivity index (χ1v) is 10.2. The maximum Gasteiger partial charge on any atom is 0.419 e. The molecular weight excluding hydrogens is 394 g/mol. The largest absolute Gasteiger partial charge is 0.492 e. The van der Waals surface area contributed by atoms with Crippen LogP contribution in [0.5, 0.6) is 5.75 Å². The van der Waals surface area contributed by atoms with Crippen LogP contribution >= 0.6 is 0 Å². The van der Waals surface area contributed by atoms with Gasteiger partial charge in [0.15, 0.2) is 5.58 Å². The van der Waals surface area contributed by atoms with Gasteiger partial charge < -0.3 is 24.6 Å². The number of aromatic amines is 1. The molecule has 0 aliphatic rings. The molecule has 0 saturated carbocycles. The summed E-state index contributed by atoms with van der Waals surface area (Å²) in [4.78, 5) is 15.0. The van der Waals surface area contributed by atoms with Crippen molar-refractivity contribution in [1.82, 2.24) is 14.9 Å². The summed E-state index contributed by atoms with van der Waals surface area (Å²) in [7, 11) is 1.65. The van der Waals surface area contributed by atoms with Crippen molar-refractivity contribution in [2.75, 3.05) is 19.7 Å². The van der Waals surface area contributed by atoms with Gasteiger partial charge in [0.25, 0.3) is 0 Å². The number of H-pyrrole nitrogens is 1. The van der Waals surface area contributed by atoms with E-state index in [1.54, 1.807) is 25.2 Å². The molecule has 5 aromatic rings. The van der Waals surface area contributed by atoms with Crippen LogP contribution < -0.4 is 15.8 Å². The monoisotopic (exact) mass is 417 g/mol. The fraction of sp³-hybridized carbons (Fsp3) is 0.208. The first kappa shape index (κ1) is 19.4. The van der Waals surface area contributed by atoms with Crippen molar-refractivity contribution in [3.63, 3.8) is 0 Å². The quantitative estimate of drug-likeness (QED) is 0.353. The van der Waals surface area contributed by atoms with E-state index >= 15 is 0 Å². The highest BCUT2D eigenvalue weighted by atomic mass is 16.5. The maximum atomic E-state index is 11.6. The van der Waals surface area contributed by atoms with E-state index in [9.17, 15) is 9.90 Å². The Morgan fingerprint density at radius 3 is 2.84 bits per heavy atom. The second kappa shape index (κ2) is 7.94. The van der Waals surface area contributed by atoms with E-state index in [2.05, 4.69) is 28.5 Å². The highest BCUT2D eigenvalue weighted by Crippen LogP contribution is 2.28. The Hall–Kier alpha value is -3.55. The average molecular weight is 417 g/mol. The van der Waals surface area contributed by atoms with E-state index in [0.717, 1.165) is 22.3 Å². The first-order valence-electron chi connectivity index (χ1n) is 10.2. The average Bonchev–Trinajstić information content (AvgIpc) is 3.29. The predicted molar refractivity (Wildman–Crippen MR) is 121 cm³/mol. The Kier molecular flexibility index (Phi) is 4.97. The summed E-state index contributed by atoms with van der Waals surface area (Å²) < 4.78 is 12.4. The molecule has 7 nitrogen and oxygen atoms in total. The van der Waals surface area contributed by atoms with Crippen LogP contribution in [-0.4, -0.2) is 34.4 Å². The molecule has 0 fully saturated rings. The number of aryl methyl sites for hydroxylation is 1. The summed E-state index contributed by atoms with van der Waals surface area (Å²) in [6.45, 7) is 1.45. The zero-order chi connectivity index (χ0) is 21.4. The number of oxazole rings is 1. The second-order valence-electron chi connectivity index (χ2n) is 7.60. The smallest absolute Gasteiger partial charge is 0.419 e. The fourth-order valence-electron chi connectivity index (χ4n) is 3.87. The molecule has 0 radical (unpaired) electrons. The lowest BCUT2D eigenvalue weighted by atomic mass is 10.1. The number of aromatic nitrogens is 2. The van der Waals surface area contributed by atoms with Crippen molar-refractivity contribution in [2.45, 2.75) is 6.10 Å². The molecule has 0 saturated heterocycles. The number of hydrogen-bond acceptors (Lipinski definition) is 5. The van der Waals surface area contributed by atoms with Crippen molar-refractivity contribution in [3.05, 3.63) is 76.8 Å². The summed E-state index contributed by atoms with van der Waals surface area (Å²) in [5.41, 5.74) is 4.06. The second-order valence-corrected chi connectivity index (χ2v) is 7.60. The van der Waals surface area contributed by atoms with E-state index in [1.807, 2.05) is 24.3 Å². The van der Waals surface area contributed by atoms with Crippen molar-refractivity contribution in [3.8, 4) is 5.75 Å². The molecule has 31 heavy (non-hydrogen) atoms. The van der Waals surface area contributed by atoms with E-state index in [4.69, 9.17) is 9.15 Å². The summed E-state index contributed by atoms with van der Waals surface area (Å²) in [5.74, 6) is 0.385. The van der Waals surface area contributed by atoms with Crippen molar-refractivity contribution >= 4 is 32.9 Å².